The van der Waals surface area contributed by atoms with E-state index in [0.29, 0.717) is 35.6 Å². The smallest absolute Gasteiger partial charge is 0.340 e. The molecule has 0 amide bonds. The summed E-state index contributed by atoms with van der Waals surface area (Å²) < 4.78 is 26.7. The molecule has 0 spiro atoms. The molecule has 8 heteroatoms. The van der Waals surface area contributed by atoms with Gasteiger partial charge in [-0.1, -0.05) is 0 Å². The number of benzene rings is 1. The number of hydrogen-bond donors (Lipinski definition) is 1. The standard InChI is InChI=1S/C26H27FN2O5/c1-13(2)33-7-5-4-6-15-16-8-14(3)20(27)10-21(16)28-23-18(15)11-29-22(23)9-17-19(25(29)31)12-34-26(32)24(17)30/h8-10,13,24,30H,4-7,11-12H2,1-3H3. The Balaban J connectivity index is 1.63. The Morgan fingerprint density at radius 1 is 1.24 bits per heavy atom. The second-order valence-corrected chi connectivity index (χ2v) is 9.28. The molecule has 1 N–H and O–H groups in total. The highest BCUT2D eigenvalue weighted by atomic mass is 19.1. The van der Waals surface area contributed by atoms with Crippen LogP contribution in [0.5, 0.6) is 0 Å². The van der Waals surface area contributed by atoms with Gasteiger partial charge < -0.3 is 19.1 Å². The lowest BCUT2D eigenvalue weighted by Gasteiger charge is -2.21. The molecule has 5 rings (SSSR count). The van der Waals surface area contributed by atoms with Gasteiger partial charge in [-0.2, -0.15) is 0 Å². The number of esters is 1. The SMILES string of the molecule is Cc1cc2c(CCCCOC(C)C)c3c(nc2cc1F)-c1cc2c(c(=O)n1C3)COC(=O)C2O. The number of fused-ring (bicyclic) bond motifs is 5. The first-order valence-corrected chi connectivity index (χ1v) is 11.6. The van der Waals surface area contributed by atoms with Crippen LogP contribution in [0.2, 0.25) is 0 Å². The Bertz CT molecular complexity index is 1380. The number of aliphatic hydroxyl groups is 1. The summed E-state index contributed by atoms with van der Waals surface area (Å²) in [5.74, 6) is -1.11. The first-order valence-electron chi connectivity index (χ1n) is 11.6. The quantitative estimate of drug-likeness (QED) is 0.344. The predicted molar refractivity (Wildman–Crippen MR) is 124 cm³/mol. The van der Waals surface area contributed by atoms with E-state index in [1.54, 1.807) is 17.6 Å². The molecule has 2 aromatic heterocycles. The summed E-state index contributed by atoms with van der Waals surface area (Å²) >= 11 is 0. The summed E-state index contributed by atoms with van der Waals surface area (Å²) in [6.07, 6.45) is 1.16. The van der Waals surface area contributed by atoms with Crippen LogP contribution in [0.1, 0.15) is 60.6 Å². The van der Waals surface area contributed by atoms with Crippen LogP contribution < -0.4 is 5.56 Å². The first-order chi connectivity index (χ1) is 16.3. The lowest BCUT2D eigenvalue weighted by Crippen LogP contribution is -2.32. The number of carbonyl (C=O) groups excluding carboxylic acids is 1. The van der Waals surface area contributed by atoms with Crippen molar-refractivity contribution in [1.29, 1.82) is 0 Å². The van der Waals surface area contributed by atoms with E-state index in [2.05, 4.69) is 0 Å². The van der Waals surface area contributed by atoms with Crippen LogP contribution in [0.15, 0.2) is 23.0 Å². The number of rotatable bonds is 6. The minimum absolute atomic E-state index is 0.163. The van der Waals surface area contributed by atoms with Gasteiger partial charge in [0.15, 0.2) is 6.10 Å². The van der Waals surface area contributed by atoms with Gasteiger partial charge in [-0.25, -0.2) is 14.2 Å². The fraction of sp³-hybridized carbons (Fsp3) is 0.423. The Kier molecular flexibility index (Phi) is 5.73. The molecule has 2 aliphatic rings. The number of carbonyl (C=O) groups is 1. The summed E-state index contributed by atoms with van der Waals surface area (Å²) in [6.45, 7) is 6.57. The topological polar surface area (TPSA) is 90.6 Å². The van der Waals surface area contributed by atoms with Crippen molar-refractivity contribution >= 4 is 16.9 Å². The molecule has 1 aromatic carbocycles. The molecule has 0 fully saturated rings. The number of nitrogens with zero attached hydrogens (tertiary/aromatic N) is 2. The monoisotopic (exact) mass is 466 g/mol. The highest BCUT2D eigenvalue weighted by molar-refractivity contribution is 5.89. The zero-order valence-electron chi connectivity index (χ0n) is 19.5. The zero-order valence-corrected chi connectivity index (χ0v) is 19.5. The molecular weight excluding hydrogens is 439 g/mol. The minimum Gasteiger partial charge on any atom is -0.458 e. The first kappa shape index (κ1) is 22.7. The maximum absolute atomic E-state index is 14.4. The fourth-order valence-electron chi connectivity index (χ4n) is 4.85. The van der Waals surface area contributed by atoms with Gasteiger partial charge in [0, 0.05) is 29.2 Å². The van der Waals surface area contributed by atoms with E-state index in [4.69, 9.17) is 14.5 Å². The molecule has 0 saturated heterocycles. The fourth-order valence-corrected chi connectivity index (χ4v) is 4.85. The Morgan fingerprint density at radius 2 is 2.03 bits per heavy atom. The summed E-state index contributed by atoms with van der Waals surface area (Å²) in [5, 5.41) is 11.2. The molecule has 4 heterocycles. The van der Waals surface area contributed by atoms with Crippen molar-refractivity contribution in [3.8, 4) is 11.4 Å². The minimum atomic E-state index is -1.51. The molecule has 34 heavy (non-hydrogen) atoms. The molecule has 0 radical (unpaired) electrons. The molecule has 0 bridgehead atoms. The summed E-state index contributed by atoms with van der Waals surface area (Å²) in [7, 11) is 0. The Morgan fingerprint density at radius 3 is 2.79 bits per heavy atom. The average Bonchev–Trinajstić information content (AvgIpc) is 3.15. The normalized spacial score (nSPS) is 16.5. The summed E-state index contributed by atoms with van der Waals surface area (Å²) in [5.41, 5.74) is 4.38. The third-order valence-electron chi connectivity index (χ3n) is 6.63. The number of unbranched alkanes of at least 4 members (excludes halogenated alkanes) is 1. The van der Waals surface area contributed by atoms with Crippen LogP contribution in [0.25, 0.3) is 22.3 Å². The van der Waals surface area contributed by atoms with Crippen LogP contribution in [0.3, 0.4) is 0 Å². The van der Waals surface area contributed by atoms with Crippen molar-refractivity contribution in [1.82, 2.24) is 9.55 Å². The highest BCUT2D eigenvalue weighted by Gasteiger charge is 2.34. The number of ether oxygens (including phenoxy) is 2. The van der Waals surface area contributed by atoms with Gasteiger partial charge in [0.05, 0.1) is 35.1 Å². The lowest BCUT2D eigenvalue weighted by atomic mass is 9.94. The molecule has 178 valence electrons. The maximum atomic E-state index is 14.4. The van der Waals surface area contributed by atoms with E-state index in [-0.39, 0.29) is 35.2 Å². The van der Waals surface area contributed by atoms with Crippen molar-refractivity contribution < 1.29 is 23.8 Å². The van der Waals surface area contributed by atoms with Crippen LogP contribution in [0.4, 0.5) is 4.39 Å². The van der Waals surface area contributed by atoms with Gasteiger partial charge in [0.25, 0.3) is 5.56 Å². The number of aromatic nitrogens is 2. The zero-order chi connectivity index (χ0) is 24.1. The van der Waals surface area contributed by atoms with Crippen LogP contribution in [-0.4, -0.2) is 33.3 Å². The van der Waals surface area contributed by atoms with Gasteiger partial charge in [0.1, 0.15) is 12.4 Å². The van der Waals surface area contributed by atoms with E-state index >= 15 is 0 Å². The van der Waals surface area contributed by atoms with Crippen LogP contribution >= 0.6 is 0 Å². The Hall–Kier alpha value is -3.10. The predicted octanol–water partition coefficient (Wildman–Crippen LogP) is 3.71. The number of aryl methyl sites for hydroxylation is 2. The third-order valence-corrected chi connectivity index (χ3v) is 6.63. The van der Waals surface area contributed by atoms with Crippen molar-refractivity contribution in [3.63, 3.8) is 0 Å². The average molecular weight is 467 g/mol. The van der Waals surface area contributed by atoms with E-state index in [1.807, 2.05) is 19.9 Å². The second-order valence-electron chi connectivity index (χ2n) is 9.28. The molecule has 1 atom stereocenters. The van der Waals surface area contributed by atoms with Crippen molar-refractivity contribution in [2.24, 2.45) is 0 Å². The van der Waals surface area contributed by atoms with Crippen LogP contribution in [-0.2, 0) is 33.8 Å². The van der Waals surface area contributed by atoms with Crippen molar-refractivity contribution in [2.75, 3.05) is 6.61 Å². The second kappa shape index (κ2) is 8.60. The van der Waals surface area contributed by atoms with Crippen molar-refractivity contribution in [2.45, 2.75) is 65.4 Å². The molecule has 7 nitrogen and oxygen atoms in total. The molecular formula is C26H27FN2O5. The van der Waals surface area contributed by atoms with E-state index < -0.39 is 12.1 Å². The van der Waals surface area contributed by atoms with Gasteiger partial charge in [-0.3, -0.25) is 4.79 Å². The number of aliphatic hydroxyl groups excluding tert-OH is 1. The maximum Gasteiger partial charge on any atom is 0.340 e. The lowest BCUT2D eigenvalue weighted by molar-refractivity contribution is -0.157. The highest BCUT2D eigenvalue weighted by Crippen LogP contribution is 2.38. The molecule has 0 saturated carbocycles. The molecule has 3 aromatic rings. The Labute approximate surface area is 196 Å². The van der Waals surface area contributed by atoms with Gasteiger partial charge in [-0.05, 0) is 63.3 Å². The van der Waals surface area contributed by atoms with E-state index in [1.165, 1.54) is 6.07 Å². The van der Waals surface area contributed by atoms with Gasteiger partial charge in [-0.15, -0.1) is 0 Å². The summed E-state index contributed by atoms with van der Waals surface area (Å²) in [6, 6.07) is 4.91. The largest absolute Gasteiger partial charge is 0.458 e. The van der Waals surface area contributed by atoms with Gasteiger partial charge >= 0.3 is 5.97 Å². The number of hydrogen-bond acceptors (Lipinski definition) is 6. The molecule has 1 unspecified atom stereocenters. The molecule has 2 aliphatic heterocycles. The van der Waals surface area contributed by atoms with Crippen molar-refractivity contribution in [3.05, 3.63) is 62.2 Å². The number of cyclic esters (lactones) is 1. The van der Waals surface area contributed by atoms with Crippen LogP contribution in [0, 0.1) is 12.7 Å². The van der Waals surface area contributed by atoms with E-state index in [9.17, 15) is 19.1 Å². The third kappa shape index (κ3) is 3.71. The van der Waals surface area contributed by atoms with E-state index in [0.717, 1.165) is 35.8 Å². The number of halogens is 1. The molecule has 0 aliphatic carbocycles. The summed E-state index contributed by atoms with van der Waals surface area (Å²) in [4.78, 5) is 29.9. The number of pyridine rings is 2. The van der Waals surface area contributed by atoms with Gasteiger partial charge in [0.2, 0.25) is 0 Å².